The third kappa shape index (κ3) is 4.88. The summed E-state index contributed by atoms with van der Waals surface area (Å²) in [5.41, 5.74) is 1.61. The highest BCUT2D eigenvalue weighted by Crippen LogP contribution is 2.34. The normalized spacial score (nSPS) is 18.5. The summed E-state index contributed by atoms with van der Waals surface area (Å²) in [6.07, 6.45) is 5.20. The molecule has 0 saturated carbocycles. The van der Waals surface area contributed by atoms with Crippen LogP contribution in [0, 0.1) is 0 Å². The van der Waals surface area contributed by atoms with E-state index in [1.165, 1.54) is 25.7 Å². The lowest BCUT2D eigenvalue weighted by Gasteiger charge is -2.23. The molecule has 0 bridgehead atoms. The van der Waals surface area contributed by atoms with E-state index < -0.39 is 0 Å². The van der Waals surface area contributed by atoms with Gasteiger partial charge in [-0.15, -0.1) is 11.3 Å². The molecule has 0 fully saturated rings. The molecule has 1 aromatic rings. The van der Waals surface area contributed by atoms with Gasteiger partial charge in [0.15, 0.2) is 0 Å². The monoisotopic (exact) mass is 282 g/mol. The molecule has 4 heteroatoms. The predicted molar refractivity (Wildman–Crippen MR) is 82.2 cm³/mol. The number of thiophene rings is 1. The average molecular weight is 282 g/mol. The second kappa shape index (κ2) is 8.69. The standard InChI is InChI=1S/C15H26N2OS/c1-18-10-9-16-7-3-8-17-12-13-4-2-5-15-14(13)6-11-19-15/h6,11,13,16-17H,2-5,7-10,12H2,1H3. The fraction of sp³-hybridized carbons (Fsp3) is 0.733. The van der Waals surface area contributed by atoms with E-state index in [0.29, 0.717) is 0 Å². The van der Waals surface area contributed by atoms with Gasteiger partial charge in [0, 0.05) is 25.1 Å². The molecule has 19 heavy (non-hydrogen) atoms. The second-order valence-electron chi connectivity index (χ2n) is 5.19. The third-order valence-corrected chi connectivity index (χ3v) is 4.75. The van der Waals surface area contributed by atoms with Crippen LogP contribution in [-0.2, 0) is 11.2 Å². The van der Waals surface area contributed by atoms with Gasteiger partial charge >= 0.3 is 0 Å². The molecule has 1 unspecified atom stereocenters. The fourth-order valence-corrected chi connectivity index (χ4v) is 3.72. The van der Waals surface area contributed by atoms with E-state index in [0.717, 1.165) is 38.7 Å². The van der Waals surface area contributed by atoms with E-state index in [9.17, 15) is 0 Å². The molecule has 1 aromatic heterocycles. The molecule has 0 saturated heterocycles. The third-order valence-electron chi connectivity index (χ3n) is 3.76. The van der Waals surface area contributed by atoms with Gasteiger partial charge in [-0.2, -0.15) is 0 Å². The van der Waals surface area contributed by atoms with Crippen molar-refractivity contribution in [3.8, 4) is 0 Å². The molecule has 1 heterocycles. The van der Waals surface area contributed by atoms with Crippen LogP contribution >= 0.6 is 11.3 Å². The van der Waals surface area contributed by atoms with Gasteiger partial charge in [0.2, 0.25) is 0 Å². The van der Waals surface area contributed by atoms with Crippen molar-refractivity contribution in [3.63, 3.8) is 0 Å². The predicted octanol–water partition coefficient (Wildman–Crippen LogP) is 2.38. The van der Waals surface area contributed by atoms with Crippen LogP contribution in [0.1, 0.15) is 35.6 Å². The van der Waals surface area contributed by atoms with Crippen LogP contribution in [0.2, 0.25) is 0 Å². The molecular formula is C15H26N2OS. The first-order chi connectivity index (χ1) is 9.42. The van der Waals surface area contributed by atoms with Gasteiger partial charge in [0.25, 0.3) is 0 Å². The Kier molecular flexibility index (Phi) is 6.85. The van der Waals surface area contributed by atoms with Gasteiger partial charge < -0.3 is 15.4 Å². The molecule has 3 nitrogen and oxygen atoms in total. The SMILES string of the molecule is COCCNCCCNCC1CCCc2sccc21. The highest BCUT2D eigenvalue weighted by atomic mass is 32.1. The Bertz CT molecular complexity index is 354. The van der Waals surface area contributed by atoms with Gasteiger partial charge in [0.05, 0.1) is 6.61 Å². The summed E-state index contributed by atoms with van der Waals surface area (Å²) >= 11 is 1.93. The highest BCUT2D eigenvalue weighted by Gasteiger charge is 2.20. The zero-order valence-electron chi connectivity index (χ0n) is 11.9. The van der Waals surface area contributed by atoms with E-state index >= 15 is 0 Å². The summed E-state index contributed by atoms with van der Waals surface area (Å²) in [6.45, 7) is 5.08. The summed E-state index contributed by atoms with van der Waals surface area (Å²) in [7, 11) is 1.74. The van der Waals surface area contributed by atoms with E-state index in [-0.39, 0.29) is 0 Å². The zero-order valence-corrected chi connectivity index (χ0v) is 12.7. The number of hydrogen-bond donors (Lipinski definition) is 2. The van der Waals surface area contributed by atoms with Gasteiger partial charge in [-0.25, -0.2) is 0 Å². The number of ether oxygens (including phenoxy) is 1. The van der Waals surface area contributed by atoms with Crippen molar-refractivity contribution < 1.29 is 4.74 Å². The molecule has 0 spiro atoms. The molecule has 1 aliphatic carbocycles. The Balaban J connectivity index is 1.55. The largest absolute Gasteiger partial charge is 0.383 e. The number of methoxy groups -OCH3 is 1. The lowest BCUT2D eigenvalue weighted by molar-refractivity contribution is 0.199. The Labute approximate surface area is 120 Å². The first kappa shape index (κ1) is 15.0. The summed E-state index contributed by atoms with van der Waals surface area (Å²) in [5.74, 6) is 0.747. The van der Waals surface area contributed by atoms with Crippen molar-refractivity contribution in [2.45, 2.75) is 31.6 Å². The highest BCUT2D eigenvalue weighted by molar-refractivity contribution is 7.10. The van der Waals surface area contributed by atoms with E-state index in [2.05, 4.69) is 22.1 Å². The molecule has 0 aliphatic heterocycles. The van der Waals surface area contributed by atoms with Gasteiger partial charge in [-0.05, 0) is 61.7 Å². The van der Waals surface area contributed by atoms with E-state index in [1.54, 1.807) is 17.6 Å². The topological polar surface area (TPSA) is 33.3 Å². The molecule has 2 N–H and O–H groups in total. The number of aryl methyl sites for hydroxylation is 1. The first-order valence-corrected chi connectivity index (χ1v) is 8.26. The Hall–Kier alpha value is -0.420. The Morgan fingerprint density at radius 1 is 1.32 bits per heavy atom. The van der Waals surface area contributed by atoms with E-state index in [4.69, 9.17) is 4.74 Å². The summed E-state index contributed by atoms with van der Waals surface area (Å²) in [6, 6.07) is 2.33. The van der Waals surface area contributed by atoms with E-state index in [1.807, 2.05) is 11.3 Å². The Morgan fingerprint density at radius 2 is 2.21 bits per heavy atom. The van der Waals surface area contributed by atoms with Gasteiger partial charge in [0.1, 0.15) is 0 Å². The molecule has 1 atom stereocenters. The van der Waals surface area contributed by atoms with Crippen LogP contribution in [-0.4, -0.2) is 39.9 Å². The first-order valence-electron chi connectivity index (χ1n) is 7.38. The van der Waals surface area contributed by atoms with Crippen LogP contribution in [0.25, 0.3) is 0 Å². The van der Waals surface area contributed by atoms with Crippen LogP contribution in [0.15, 0.2) is 11.4 Å². The molecule has 0 aromatic carbocycles. The molecule has 0 radical (unpaired) electrons. The average Bonchev–Trinajstić information content (AvgIpc) is 2.91. The quantitative estimate of drug-likeness (QED) is 0.682. The molecular weight excluding hydrogens is 256 g/mol. The van der Waals surface area contributed by atoms with Crippen molar-refractivity contribution in [2.75, 3.05) is 39.9 Å². The maximum Gasteiger partial charge on any atom is 0.0587 e. The summed E-state index contributed by atoms with van der Waals surface area (Å²) < 4.78 is 5.00. The molecule has 108 valence electrons. The molecule has 1 aliphatic rings. The number of fused-ring (bicyclic) bond motifs is 1. The van der Waals surface area contributed by atoms with Gasteiger partial charge in [-0.3, -0.25) is 0 Å². The van der Waals surface area contributed by atoms with Crippen molar-refractivity contribution >= 4 is 11.3 Å². The maximum absolute atomic E-state index is 5.00. The number of rotatable bonds is 9. The van der Waals surface area contributed by atoms with Crippen molar-refractivity contribution in [1.82, 2.24) is 10.6 Å². The van der Waals surface area contributed by atoms with Crippen LogP contribution in [0.5, 0.6) is 0 Å². The minimum atomic E-state index is 0.747. The van der Waals surface area contributed by atoms with Crippen molar-refractivity contribution in [1.29, 1.82) is 0 Å². The van der Waals surface area contributed by atoms with Crippen LogP contribution in [0.3, 0.4) is 0 Å². The van der Waals surface area contributed by atoms with Gasteiger partial charge in [-0.1, -0.05) is 0 Å². The number of hydrogen-bond acceptors (Lipinski definition) is 4. The van der Waals surface area contributed by atoms with Crippen molar-refractivity contribution in [3.05, 3.63) is 21.9 Å². The minimum absolute atomic E-state index is 0.747. The van der Waals surface area contributed by atoms with Crippen molar-refractivity contribution in [2.24, 2.45) is 0 Å². The lowest BCUT2D eigenvalue weighted by atomic mass is 9.88. The molecule has 0 amide bonds. The Morgan fingerprint density at radius 3 is 3.11 bits per heavy atom. The van der Waals surface area contributed by atoms with Crippen LogP contribution < -0.4 is 10.6 Å². The second-order valence-corrected chi connectivity index (χ2v) is 6.19. The minimum Gasteiger partial charge on any atom is -0.383 e. The molecule has 2 rings (SSSR count). The summed E-state index contributed by atoms with van der Waals surface area (Å²) in [5, 5.41) is 9.24. The zero-order chi connectivity index (χ0) is 13.3. The fourth-order valence-electron chi connectivity index (χ4n) is 2.71. The summed E-state index contributed by atoms with van der Waals surface area (Å²) in [4.78, 5) is 1.62. The van der Waals surface area contributed by atoms with Crippen LogP contribution in [0.4, 0.5) is 0 Å². The number of nitrogens with one attached hydrogen (secondary N) is 2. The lowest BCUT2D eigenvalue weighted by Crippen LogP contribution is -2.28. The smallest absolute Gasteiger partial charge is 0.0587 e. The maximum atomic E-state index is 5.00.